The standard InChI is InChI=1S/C29H29BrN2O3S/c1-5-15-35-26-18-24(30)21(16-25(26)34-6-2)17-27-28(33)32(23-13-9-20(4)10-14-23)29(36-27)31-22-11-7-19(3)8-12-22/h7-14,16-18H,5-6,15H2,1-4H3/b27-17-,31-29?. The Morgan fingerprint density at radius 3 is 2.22 bits per heavy atom. The lowest BCUT2D eigenvalue weighted by Gasteiger charge is -2.16. The third-order valence-corrected chi connectivity index (χ3v) is 7.12. The third-order valence-electron chi connectivity index (χ3n) is 5.47. The summed E-state index contributed by atoms with van der Waals surface area (Å²) in [6.45, 7) is 9.18. The number of ether oxygens (including phenoxy) is 2. The number of benzene rings is 3. The summed E-state index contributed by atoms with van der Waals surface area (Å²) in [7, 11) is 0. The van der Waals surface area contributed by atoms with E-state index in [-0.39, 0.29) is 5.91 Å². The van der Waals surface area contributed by atoms with E-state index in [0.717, 1.165) is 39.0 Å². The van der Waals surface area contributed by atoms with E-state index in [4.69, 9.17) is 14.5 Å². The van der Waals surface area contributed by atoms with Gasteiger partial charge in [0.25, 0.3) is 5.91 Å². The van der Waals surface area contributed by atoms with Gasteiger partial charge in [-0.1, -0.05) is 58.2 Å². The number of aryl methyl sites for hydroxylation is 2. The van der Waals surface area contributed by atoms with E-state index >= 15 is 0 Å². The normalized spacial score (nSPS) is 15.7. The van der Waals surface area contributed by atoms with Crippen molar-refractivity contribution in [2.45, 2.75) is 34.1 Å². The molecule has 0 spiro atoms. The molecule has 0 unspecified atom stereocenters. The van der Waals surface area contributed by atoms with Crippen LogP contribution in [0, 0.1) is 13.8 Å². The molecule has 1 heterocycles. The molecule has 0 radical (unpaired) electrons. The Balaban J connectivity index is 1.75. The fourth-order valence-electron chi connectivity index (χ4n) is 3.60. The maximum atomic E-state index is 13.7. The van der Waals surface area contributed by atoms with Gasteiger partial charge in [0.1, 0.15) is 0 Å². The van der Waals surface area contributed by atoms with Crippen molar-refractivity contribution in [2.75, 3.05) is 18.1 Å². The highest BCUT2D eigenvalue weighted by atomic mass is 79.9. The molecular formula is C29H29BrN2O3S. The quantitative estimate of drug-likeness (QED) is 0.259. The van der Waals surface area contributed by atoms with E-state index in [2.05, 4.69) is 22.9 Å². The van der Waals surface area contributed by atoms with Crippen LogP contribution in [0.2, 0.25) is 0 Å². The Kier molecular flexibility index (Phi) is 8.54. The number of thioether (sulfide) groups is 1. The Bertz CT molecular complexity index is 1300. The summed E-state index contributed by atoms with van der Waals surface area (Å²) in [5.74, 6) is 1.22. The van der Waals surface area contributed by atoms with Crippen LogP contribution >= 0.6 is 27.7 Å². The molecule has 1 aliphatic rings. The first-order chi connectivity index (χ1) is 17.4. The van der Waals surface area contributed by atoms with E-state index < -0.39 is 0 Å². The second-order valence-corrected chi connectivity index (χ2v) is 10.3. The Morgan fingerprint density at radius 1 is 0.944 bits per heavy atom. The number of carbonyl (C=O) groups is 1. The first kappa shape index (κ1) is 26.0. The molecule has 36 heavy (non-hydrogen) atoms. The summed E-state index contributed by atoms with van der Waals surface area (Å²) >= 11 is 5.01. The van der Waals surface area contributed by atoms with Gasteiger partial charge in [0, 0.05) is 4.47 Å². The Morgan fingerprint density at radius 2 is 1.58 bits per heavy atom. The van der Waals surface area contributed by atoms with Crippen LogP contribution in [0.15, 0.2) is 75.0 Å². The van der Waals surface area contributed by atoms with Gasteiger partial charge in [-0.15, -0.1) is 0 Å². The topological polar surface area (TPSA) is 51.1 Å². The fraction of sp³-hybridized carbons (Fsp3) is 0.241. The van der Waals surface area contributed by atoms with Crippen molar-refractivity contribution in [3.05, 3.63) is 86.7 Å². The van der Waals surface area contributed by atoms with Gasteiger partial charge >= 0.3 is 0 Å². The van der Waals surface area contributed by atoms with Gasteiger partial charge in [-0.25, -0.2) is 4.99 Å². The second-order valence-electron chi connectivity index (χ2n) is 8.42. The van der Waals surface area contributed by atoms with Crippen LogP contribution in [0.25, 0.3) is 6.08 Å². The highest BCUT2D eigenvalue weighted by Gasteiger charge is 2.35. The molecule has 1 aliphatic heterocycles. The van der Waals surface area contributed by atoms with Crippen LogP contribution in [0.1, 0.15) is 37.0 Å². The molecule has 0 atom stereocenters. The van der Waals surface area contributed by atoms with Gasteiger partial charge in [0.15, 0.2) is 16.7 Å². The molecule has 0 bridgehead atoms. The van der Waals surface area contributed by atoms with E-state index in [9.17, 15) is 4.79 Å². The highest BCUT2D eigenvalue weighted by molar-refractivity contribution is 9.10. The average molecular weight is 566 g/mol. The van der Waals surface area contributed by atoms with Crippen molar-refractivity contribution in [1.29, 1.82) is 0 Å². The zero-order valence-electron chi connectivity index (χ0n) is 20.9. The molecule has 3 aromatic carbocycles. The van der Waals surface area contributed by atoms with Gasteiger partial charge < -0.3 is 9.47 Å². The third kappa shape index (κ3) is 6.02. The van der Waals surface area contributed by atoms with Crippen molar-refractivity contribution < 1.29 is 14.3 Å². The first-order valence-corrected chi connectivity index (χ1v) is 13.6. The molecule has 4 rings (SSSR count). The van der Waals surface area contributed by atoms with E-state index in [1.54, 1.807) is 4.90 Å². The molecule has 1 fully saturated rings. The summed E-state index contributed by atoms with van der Waals surface area (Å²) < 4.78 is 12.5. The summed E-state index contributed by atoms with van der Waals surface area (Å²) in [5, 5.41) is 0.614. The van der Waals surface area contributed by atoms with Crippen LogP contribution in [-0.4, -0.2) is 24.3 Å². The number of nitrogens with zero attached hydrogens (tertiary/aromatic N) is 2. The molecule has 0 saturated carbocycles. The number of hydrogen-bond acceptors (Lipinski definition) is 5. The number of amides is 1. The van der Waals surface area contributed by atoms with Gasteiger partial charge in [0.2, 0.25) is 0 Å². The highest BCUT2D eigenvalue weighted by Crippen LogP contribution is 2.40. The number of carbonyl (C=O) groups excluding carboxylic acids is 1. The fourth-order valence-corrected chi connectivity index (χ4v) is 5.02. The molecule has 0 aliphatic carbocycles. The summed E-state index contributed by atoms with van der Waals surface area (Å²) in [4.78, 5) is 20.7. The minimum atomic E-state index is -0.120. The zero-order chi connectivity index (χ0) is 25.7. The van der Waals surface area contributed by atoms with Gasteiger partial charge in [-0.2, -0.15) is 0 Å². The molecule has 3 aromatic rings. The van der Waals surface area contributed by atoms with Crippen LogP contribution in [-0.2, 0) is 4.79 Å². The van der Waals surface area contributed by atoms with Gasteiger partial charge in [-0.3, -0.25) is 9.69 Å². The number of aliphatic imine (C=N–C) groups is 1. The number of amidine groups is 1. The number of halogens is 1. The predicted molar refractivity (Wildman–Crippen MR) is 154 cm³/mol. The zero-order valence-corrected chi connectivity index (χ0v) is 23.3. The van der Waals surface area contributed by atoms with Crippen molar-refractivity contribution in [1.82, 2.24) is 0 Å². The van der Waals surface area contributed by atoms with Crippen molar-refractivity contribution in [3.63, 3.8) is 0 Å². The summed E-state index contributed by atoms with van der Waals surface area (Å²) in [6.07, 6.45) is 2.78. The van der Waals surface area contributed by atoms with Crippen molar-refractivity contribution in [2.24, 2.45) is 4.99 Å². The summed E-state index contributed by atoms with van der Waals surface area (Å²) in [5.41, 5.74) is 4.70. The lowest BCUT2D eigenvalue weighted by atomic mass is 10.1. The number of hydrogen-bond donors (Lipinski definition) is 0. The maximum absolute atomic E-state index is 13.7. The summed E-state index contributed by atoms with van der Waals surface area (Å²) in [6, 6.07) is 19.7. The second kappa shape index (κ2) is 11.8. The smallest absolute Gasteiger partial charge is 0.271 e. The van der Waals surface area contributed by atoms with Gasteiger partial charge in [-0.05, 0) is 87.0 Å². The molecule has 5 nitrogen and oxygen atoms in total. The molecular weight excluding hydrogens is 536 g/mol. The molecule has 1 saturated heterocycles. The lowest BCUT2D eigenvalue weighted by molar-refractivity contribution is -0.113. The van der Waals surface area contributed by atoms with E-state index in [1.165, 1.54) is 11.8 Å². The molecule has 0 aromatic heterocycles. The molecule has 1 amide bonds. The van der Waals surface area contributed by atoms with Crippen LogP contribution in [0.5, 0.6) is 11.5 Å². The van der Waals surface area contributed by atoms with Crippen LogP contribution in [0.4, 0.5) is 11.4 Å². The SMILES string of the molecule is CCCOc1cc(Br)c(/C=C2\SC(=Nc3ccc(C)cc3)N(c3ccc(C)cc3)C2=O)cc1OCC. The monoisotopic (exact) mass is 564 g/mol. The minimum Gasteiger partial charge on any atom is -0.490 e. The molecule has 7 heteroatoms. The Labute approximate surface area is 225 Å². The maximum Gasteiger partial charge on any atom is 0.271 e. The number of anilines is 1. The van der Waals surface area contributed by atoms with Crippen LogP contribution in [0.3, 0.4) is 0 Å². The van der Waals surface area contributed by atoms with Crippen molar-refractivity contribution >= 4 is 56.2 Å². The van der Waals surface area contributed by atoms with Crippen molar-refractivity contribution in [3.8, 4) is 11.5 Å². The largest absolute Gasteiger partial charge is 0.490 e. The lowest BCUT2D eigenvalue weighted by Crippen LogP contribution is -2.28. The van der Waals surface area contributed by atoms with Crippen LogP contribution < -0.4 is 14.4 Å². The predicted octanol–water partition coefficient (Wildman–Crippen LogP) is 8.06. The first-order valence-electron chi connectivity index (χ1n) is 11.9. The van der Waals surface area contributed by atoms with Gasteiger partial charge in [0.05, 0.1) is 29.5 Å². The minimum absolute atomic E-state index is 0.120. The average Bonchev–Trinajstić information content (AvgIpc) is 3.16. The van der Waals surface area contributed by atoms with E-state index in [1.807, 2.05) is 87.5 Å². The number of rotatable bonds is 8. The molecule has 0 N–H and O–H groups in total. The van der Waals surface area contributed by atoms with E-state index in [0.29, 0.717) is 34.8 Å². The Hall–Kier alpha value is -3.03. The molecule has 186 valence electrons.